The summed E-state index contributed by atoms with van der Waals surface area (Å²) in [5.41, 5.74) is 3.12. The van der Waals surface area contributed by atoms with Gasteiger partial charge in [-0.25, -0.2) is 9.59 Å². The molecule has 49 heavy (non-hydrogen) atoms. The lowest BCUT2D eigenvalue weighted by Gasteiger charge is -2.40. The lowest BCUT2D eigenvalue weighted by molar-refractivity contribution is -0.137. The number of carbonyl (C=O) groups is 3. The molecule has 2 aromatic carbocycles. The molecule has 1 aliphatic carbocycles. The van der Waals surface area contributed by atoms with Crippen LogP contribution in [-0.2, 0) is 22.4 Å². The molecule has 3 heterocycles. The second-order valence-corrected chi connectivity index (χ2v) is 15.4. The molecule has 6 rings (SSSR count). The maximum atomic E-state index is 12.9. The van der Waals surface area contributed by atoms with Crippen LogP contribution in [0.15, 0.2) is 45.3 Å². The monoisotopic (exact) mass is 803 g/mol. The number of hydrogen-bond donors (Lipinski definition) is 2. The van der Waals surface area contributed by atoms with Crippen molar-refractivity contribution in [1.29, 1.82) is 0 Å². The van der Waals surface area contributed by atoms with E-state index in [1.807, 2.05) is 47.1 Å². The number of phenolic OH excluding ortho intramolecular Hbond substituents is 1. The normalized spacial score (nSPS) is 20.2. The molecular weight excluding hydrogens is 754 g/mol. The van der Waals surface area contributed by atoms with Crippen LogP contribution >= 0.6 is 31.9 Å². The Kier molecular flexibility index (Phi) is 13.7. The number of hydrogen-bond acceptors (Lipinski definition) is 6. The second-order valence-electron chi connectivity index (χ2n) is 13.7. The van der Waals surface area contributed by atoms with E-state index in [1.54, 1.807) is 4.90 Å². The van der Waals surface area contributed by atoms with Gasteiger partial charge in [0.15, 0.2) is 0 Å². The highest BCUT2D eigenvalue weighted by Gasteiger charge is 2.32. The molecule has 0 bridgehead atoms. The van der Waals surface area contributed by atoms with Crippen LogP contribution in [0.5, 0.6) is 5.75 Å². The van der Waals surface area contributed by atoms with Crippen molar-refractivity contribution >= 4 is 55.6 Å². The number of carbonyl (C=O) groups excluding carboxylic acids is 3. The van der Waals surface area contributed by atoms with Gasteiger partial charge < -0.3 is 29.9 Å². The zero-order chi connectivity index (χ0) is 34.9. The Morgan fingerprint density at radius 3 is 2.14 bits per heavy atom. The number of anilines is 1. The van der Waals surface area contributed by atoms with E-state index in [9.17, 15) is 19.5 Å². The van der Waals surface area contributed by atoms with E-state index in [2.05, 4.69) is 48.1 Å². The summed E-state index contributed by atoms with van der Waals surface area (Å²) in [6.07, 6.45) is 11.0. The molecule has 0 unspecified atom stereocenters. The van der Waals surface area contributed by atoms with Crippen molar-refractivity contribution < 1.29 is 24.2 Å². The fraction of sp³-hybridized carbons (Fsp3) is 0.595. The molecule has 2 saturated heterocycles. The molecule has 4 aliphatic rings. The van der Waals surface area contributed by atoms with Gasteiger partial charge in [-0.05, 0) is 99.7 Å². The highest BCUT2D eigenvalue weighted by atomic mass is 79.9. The molecule has 12 heteroatoms. The van der Waals surface area contributed by atoms with E-state index in [0.717, 1.165) is 62.7 Å². The first kappa shape index (κ1) is 37.4. The Balaban J connectivity index is 0.000000195. The number of halogens is 2. The first-order valence-corrected chi connectivity index (χ1v) is 19.4. The number of nitrogens with zero attached hydrogens (tertiary/aromatic N) is 4. The summed E-state index contributed by atoms with van der Waals surface area (Å²) in [4.78, 5) is 45.2. The third-order valence-corrected chi connectivity index (χ3v) is 11.7. The number of phenols is 1. The summed E-state index contributed by atoms with van der Waals surface area (Å²) in [6, 6.07) is 12.6. The lowest BCUT2D eigenvalue weighted by Crippen LogP contribution is -2.53. The van der Waals surface area contributed by atoms with Gasteiger partial charge in [0, 0.05) is 69.5 Å². The first-order valence-electron chi connectivity index (χ1n) is 17.8. The molecule has 1 saturated carbocycles. The van der Waals surface area contributed by atoms with Crippen molar-refractivity contribution in [3.63, 3.8) is 0 Å². The zero-order valence-electron chi connectivity index (χ0n) is 28.8. The smallest absolute Gasteiger partial charge is 0.409 e. The molecule has 2 N–H and O–H groups in total. The molecule has 10 nitrogen and oxygen atoms in total. The van der Waals surface area contributed by atoms with Crippen LogP contribution < -0.4 is 5.32 Å². The fourth-order valence-electron chi connectivity index (χ4n) is 7.65. The van der Waals surface area contributed by atoms with Crippen molar-refractivity contribution in [2.75, 3.05) is 58.2 Å². The number of amides is 4. The van der Waals surface area contributed by atoms with Crippen LogP contribution in [0.4, 0.5) is 15.3 Å². The van der Waals surface area contributed by atoms with Crippen LogP contribution in [0.2, 0.25) is 0 Å². The van der Waals surface area contributed by atoms with Crippen molar-refractivity contribution in [3.8, 4) is 5.75 Å². The Morgan fingerprint density at radius 1 is 0.878 bits per heavy atom. The number of nitrogens with one attached hydrogen (secondary N) is 1. The third kappa shape index (κ3) is 9.91. The number of methoxy groups -OCH3 is 1. The average Bonchev–Trinajstić information content (AvgIpc) is 3.49. The highest BCUT2D eigenvalue weighted by molar-refractivity contribution is 9.11. The van der Waals surface area contributed by atoms with Gasteiger partial charge in [-0.15, -0.1) is 0 Å². The van der Waals surface area contributed by atoms with E-state index < -0.39 is 0 Å². The van der Waals surface area contributed by atoms with E-state index in [0.29, 0.717) is 35.0 Å². The summed E-state index contributed by atoms with van der Waals surface area (Å²) in [6.45, 7) is 7.71. The van der Waals surface area contributed by atoms with E-state index in [1.165, 1.54) is 51.2 Å². The van der Waals surface area contributed by atoms with Crippen LogP contribution in [0.3, 0.4) is 0 Å². The third-order valence-electron chi connectivity index (χ3n) is 10.5. The number of likely N-dealkylation sites (tertiary alicyclic amines) is 1. The van der Waals surface area contributed by atoms with Gasteiger partial charge in [0.25, 0.3) is 0 Å². The predicted molar refractivity (Wildman–Crippen MR) is 199 cm³/mol. The van der Waals surface area contributed by atoms with Gasteiger partial charge in [-0.2, -0.15) is 0 Å². The molecule has 0 aromatic heterocycles. The van der Waals surface area contributed by atoms with Crippen molar-refractivity contribution in [3.05, 3.63) is 56.5 Å². The standard InChI is InChI=1S/C21H30Br2N2O2.C16H21N3O3/c1-15(12-16-13-18(22)20(26)19(23)14-16)21(27)25-10-8-24(9-11-25)17-6-4-2-3-5-7-17;1-22-16(21)18-9-7-13(8-10-18)19-11-6-12-4-2-3-5-14(12)17-15(19)20/h13-15,17,26H,2-12H2,1H3;2-5,13H,6-11H2,1H3,(H,17,20)/t15-;/m1./s1. The van der Waals surface area contributed by atoms with Gasteiger partial charge in [0.05, 0.1) is 16.1 Å². The lowest BCUT2D eigenvalue weighted by atomic mass is 9.99. The minimum atomic E-state index is -0.286. The minimum absolute atomic E-state index is 0.0403. The largest absolute Gasteiger partial charge is 0.506 e. The van der Waals surface area contributed by atoms with E-state index >= 15 is 0 Å². The molecule has 4 amide bonds. The second kappa shape index (κ2) is 17.9. The zero-order valence-corrected chi connectivity index (χ0v) is 32.0. The number of benzene rings is 2. The van der Waals surface area contributed by atoms with Gasteiger partial charge >= 0.3 is 12.1 Å². The number of ether oxygens (including phenoxy) is 1. The number of fused-ring (bicyclic) bond motifs is 1. The number of urea groups is 1. The van der Waals surface area contributed by atoms with Gasteiger partial charge in [-0.3, -0.25) is 9.69 Å². The van der Waals surface area contributed by atoms with Gasteiger partial charge in [-0.1, -0.05) is 50.8 Å². The number of piperidine rings is 1. The predicted octanol–water partition coefficient (Wildman–Crippen LogP) is 7.27. The number of para-hydroxylation sites is 1. The molecule has 2 aromatic rings. The van der Waals surface area contributed by atoms with Crippen LogP contribution in [0, 0.1) is 5.92 Å². The maximum Gasteiger partial charge on any atom is 0.409 e. The summed E-state index contributed by atoms with van der Waals surface area (Å²) >= 11 is 6.74. The average molecular weight is 806 g/mol. The Bertz CT molecular complexity index is 1410. The molecular formula is C37H51Br2N5O5. The Labute approximate surface area is 307 Å². The van der Waals surface area contributed by atoms with Crippen LogP contribution in [-0.4, -0.2) is 108 Å². The molecule has 3 fully saturated rings. The molecule has 0 radical (unpaired) electrons. The summed E-state index contributed by atoms with van der Waals surface area (Å²) < 4.78 is 6.06. The first-order chi connectivity index (χ1) is 23.6. The quantitative estimate of drug-likeness (QED) is 0.308. The summed E-state index contributed by atoms with van der Waals surface area (Å²) in [7, 11) is 1.40. The SMILES string of the molecule is COC(=O)N1CCC(N2CCc3ccccc3NC2=O)CC1.C[C@H](Cc1cc(Br)c(O)c(Br)c1)C(=O)N1CCN(C2CCCCCC2)CC1. The fourth-order valence-corrected chi connectivity index (χ4v) is 8.93. The minimum Gasteiger partial charge on any atom is -0.506 e. The van der Waals surface area contributed by atoms with Gasteiger partial charge in [0.1, 0.15) is 5.75 Å². The molecule has 268 valence electrons. The van der Waals surface area contributed by atoms with Crippen molar-refractivity contribution in [1.82, 2.24) is 19.6 Å². The molecule has 0 spiro atoms. The van der Waals surface area contributed by atoms with E-state index in [-0.39, 0.29) is 35.7 Å². The molecule has 1 atom stereocenters. The van der Waals surface area contributed by atoms with E-state index in [4.69, 9.17) is 4.74 Å². The van der Waals surface area contributed by atoms with Gasteiger partial charge in [0.2, 0.25) is 5.91 Å². The van der Waals surface area contributed by atoms with Crippen molar-refractivity contribution in [2.24, 2.45) is 5.92 Å². The van der Waals surface area contributed by atoms with Crippen LogP contribution in [0.25, 0.3) is 0 Å². The highest BCUT2D eigenvalue weighted by Crippen LogP contribution is 2.34. The number of aromatic hydroxyl groups is 1. The summed E-state index contributed by atoms with van der Waals surface area (Å²) in [5, 5.41) is 12.9. The Hall–Kier alpha value is -2.83. The Morgan fingerprint density at radius 2 is 1.51 bits per heavy atom. The number of rotatable bonds is 5. The maximum absolute atomic E-state index is 12.9. The number of piperazine rings is 1. The van der Waals surface area contributed by atoms with Crippen LogP contribution in [0.1, 0.15) is 69.4 Å². The summed E-state index contributed by atoms with van der Waals surface area (Å²) in [5.74, 6) is 0.390. The van der Waals surface area contributed by atoms with Crippen molar-refractivity contribution in [2.45, 2.75) is 83.2 Å². The topological polar surface area (TPSA) is 106 Å². The molecule has 3 aliphatic heterocycles.